The van der Waals surface area contributed by atoms with E-state index in [9.17, 15) is 0 Å². The van der Waals surface area contributed by atoms with Gasteiger partial charge in [-0.1, -0.05) is 0 Å². The summed E-state index contributed by atoms with van der Waals surface area (Å²) >= 11 is 0. The van der Waals surface area contributed by atoms with Gasteiger partial charge in [0.15, 0.2) is 11.5 Å². The molecule has 0 radical (unpaired) electrons. The van der Waals surface area contributed by atoms with Gasteiger partial charge in [0.05, 0.1) is 27.0 Å². The van der Waals surface area contributed by atoms with E-state index in [4.69, 9.17) is 14.2 Å². The maximum absolute atomic E-state index is 5.39. The molecule has 0 aliphatic rings. The molecule has 0 spiro atoms. The number of rotatable bonds is 7. The quantitative estimate of drug-likeness (QED) is 0.793. The normalized spacial score (nSPS) is 11.1. The van der Waals surface area contributed by atoms with E-state index in [1.165, 1.54) is 0 Å². The Morgan fingerprint density at radius 3 is 1.95 bits per heavy atom. The molecular weight excluding hydrogens is 244 g/mol. The number of hydrogen-bond acceptors (Lipinski definition) is 5. The molecule has 0 saturated heterocycles. The van der Waals surface area contributed by atoms with Gasteiger partial charge in [-0.05, 0) is 20.9 Å². The van der Waals surface area contributed by atoms with Crippen molar-refractivity contribution in [3.05, 3.63) is 12.1 Å². The second-order valence-electron chi connectivity index (χ2n) is 4.95. The Balaban J connectivity index is 3.11. The van der Waals surface area contributed by atoms with Gasteiger partial charge >= 0.3 is 0 Å². The fraction of sp³-hybridized carbons (Fsp3) is 0.571. The number of anilines is 1. The van der Waals surface area contributed by atoms with Crippen LogP contribution in [0.4, 0.5) is 5.69 Å². The van der Waals surface area contributed by atoms with Crippen molar-refractivity contribution in [1.82, 2.24) is 5.32 Å². The summed E-state index contributed by atoms with van der Waals surface area (Å²) in [7, 11) is 6.79. The molecule has 0 unspecified atom stereocenters. The standard InChI is InChI=1S/C14H24N2O3/c1-14(2,9-15-3)16-10-7-12(18-5)13(19-6)8-11(10)17-4/h7-8,15-16H,9H2,1-6H3. The SMILES string of the molecule is CNCC(C)(C)Nc1cc(OC)c(OC)cc1OC. The van der Waals surface area contributed by atoms with Crippen molar-refractivity contribution in [3.8, 4) is 17.2 Å². The average molecular weight is 268 g/mol. The van der Waals surface area contributed by atoms with E-state index in [0.717, 1.165) is 18.0 Å². The molecule has 0 saturated carbocycles. The van der Waals surface area contributed by atoms with E-state index < -0.39 is 0 Å². The molecule has 0 bridgehead atoms. The Hall–Kier alpha value is -1.62. The van der Waals surface area contributed by atoms with E-state index in [2.05, 4.69) is 24.5 Å². The number of nitrogens with one attached hydrogen (secondary N) is 2. The Morgan fingerprint density at radius 2 is 1.47 bits per heavy atom. The molecule has 0 atom stereocenters. The number of hydrogen-bond donors (Lipinski definition) is 2. The zero-order valence-electron chi connectivity index (χ0n) is 12.6. The third-order valence-electron chi connectivity index (χ3n) is 2.80. The highest BCUT2D eigenvalue weighted by atomic mass is 16.5. The molecule has 0 heterocycles. The van der Waals surface area contributed by atoms with Crippen LogP contribution in [0.25, 0.3) is 0 Å². The van der Waals surface area contributed by atoms with Gasteiger partial charge in [-0.25, -0.2) is 0 Å². The van der Waals surface area contributed by atoms with Crippen LogP contribution < -0.4 is 24.8 Å². The Morgan fingerprint density at radius 1 is 0.947 bits per heavy atom. The van der Waals surface area contributed by atoms with Crippen LogP contribution in [0, 0.1) is 0 Å². The summed E-state index contributed by atoms with van der Waals surface area (Å²) in [5.41, 5.74) is 0.766. The monoisotopic (exact) mass is 268 g/mol. The van der Waals surface area contributed by atoms with Crippen LogP contribution in [0.3, 0.4) is 0 Å². The lowest BCUT2D eigenvalue weighted by molar-refractivity contribution is 0.349. The van der Waals surface area contributed by atoms with Crippen LogP contribution in [0.1, 0.15) is 13.8 Å². The smallest absolute Gasteiger partial charge is 0.164 e. The van der Waals surface area contributed by atoms with Crippen LogP contribution in [0.15, 0.2) is 12.1 Å². The van der Waals surface area contributed by atoms with E-state index in [0.29, 0.717) is 11.5 Å². The van der Waals surface area contributed by atoms with Gasteiger partial charge < -0.3 is 24.8 Å². The molecule has 5 heteroatoms. The van der Waals surface area contributed by atoms with Crippen molar-refractivity contribution in [3.63, 3.8) is 0 Å². The van der Waals surface area contributed by atoms with E-state index in [-0.39, 0.29) is 5.54 Å². The second-order valence-corrected chi connectivity index (χ2v) is 4.95. The van der Waals surface area contributed by atoms with Gasteiger partial charge in [0.1, 0.15) is 5.75 Å². The lowest BCUT2D eigenvalue weighted by Gasteiger charge is -2.28. The first kappa shape index (κ1) is 15.4. The molecule has 1 rings (SSSR count). The highest BCUT2D eigenvalue weighted by molar-refractivity contribution is 5.65. The minimum Gasteiger partial charge on any atom is -0.494 e. The predicted molar refractivity (Wildman–Crippen MR) is 77.7 cm³/mol. The largest absolute Gasteiger partial charge is 0.494 e. The third-order valence-corrected chi connectivity index (χ3v) is 2.80. The molecule has 0 aliphatic heterocycles. The van der Waals surface area contributed by atoms with Gasteiger partial charge in [0.2, 0.25) is 0 Å². The molecule has 108 valence electrons. The van der Waals surface area contributed by atoms with Crippen molar-refractivity contribution < 1.29 is 14.2 Å². The molecule has 0 aliphatic carbocycles. The number of benzene rings is 1. The van der Waals surface area contributed by atoms with Crippen molar-refractivity contribution >= 4 is 5.69 Å². The third kappa shape index (κ3) is 3.92. The van der Waals surface area contributed by atoms with Crippen molar-refractivity contribution in [1.29, 1.82) is 0 Å². The zero-order valence-corrected chi connectivity index (χ0v) is 12.6. The van der Waals surface area contributed by atoms with Gasteiger partial charge in [-0.3, -0.25) is 0 Å². The summed E-state index contributed by atoms with van der Waals surface area (Å²) in [6, 6.07) is 3.70. The summed E-state index contributed by atoms with van der Waals surface area (Å²) in [5, 5.41) is 6.60. The van der Waals surface area contributed by atoms with Crippen LogP contribution in [0.5, 0.6) is 17.2 Å². The van der Waals surface area contributed by atoms with E-state index >= 15 is 0 Å². The van der Waals surface area contributed by atoms with Crippen molar-refractivity contribution in [2.45, 2.75) is 19.4 Å². The maximum atomic E-state index is 5.39. The molecule has 19 heavy (non-hydrogen) atoms. The number of ether oxygens (including phenoxy) is 3. The van der Waals surface area contributed by atoms with Crippen molar-refractivity contribution in [2.75, 3.05) is 40.2 Å². The molecule has 0 fully saturated rings. The fourth-order valence-corrected chi connectivity index (χ4v) is 1.98. The summed E-state index contributed by atoms with van der Waals surface area (Å²) in [6.45, 7) is 5.05. The number of methoxy groups -OCH3 is 3. The van der Waals surface area contributed by atoms with Gasteiger partial charge in [0.25, 0.3) is 0 Å². The summed E-state index contributed by atoms with van der Waals surface area (Å²) in [5.74, 6) is 2.05. The van der Waals surface area contributed by atoms with E-state index in [1.807, 2.05) is 19.2 Å². The van der Waals surface area contributed by atoms with Crippen LogP contribution in [-0.2, 0) is 0 Å². The zero-order chi connectivity index (χ0) is 14.5. The predicted octanol–water partition coefficient (Wildman–Crippen LogP) is 2.12. The van der Waals surface area contributed by atoms with Crippen LogP contribution >= 0.6 is 0 Å². The molecule has 1 aromatic carbocycles. The molecule has 2 N–H and O–H groups in total. The highest BCUT2D eigenvalue weighted by Crippen LogP contribution is 2.38. The highest BCUT2D eigenvalue weighted by Gasteiger charge is 2.20. The molecular formula is C14H24N2O3. The molecule has 0 amide bonds. The fourth-order valence-electron chi connectivity index (χ4n) is 1.98. The topological polar surface area (TPSA) is 51.8 Å². The van der Waals surface area contributed by atoms with Crippen LogP contribution in [0.2, 0.25) is 0 Å². The van der Waals surface area contributed by atoms with Crippen LogP contribution in [-0.4, -0.2) is 40.5 Å². The van der Waals surface area contributed by atoms with Gasteiger partial charge in [0, 0.05) is 24.2 Å². The average Bonchev–Trinajstić information content (AvgIpc) is 2.37. The lowest BCUT2D eigenvalue weighted by atomic mass is 10.0. The van der Waals surface area contributed by atoms with E-state index in [1.54, 1.807) is 21.3 Å². The summed E-state index contributed by atoms with van der Waals surface area (Å²) < 4.78 is 16.0. The Labute approximate surface area is 115 Å². The first-order valence-corrected chi connectivity index (χ1v) is 6.20. The van der Waals surface area contributed by atoms with Gasteiger partial charge in [-0.15, -0.1) is 0 Å². The summed E-state index contributed by atoms with van der Waals surface area (Å²) in [6.07, 6.45) is 0. The molecule has 5 nitrogen and oxygen atoms in total. The maximum Gasteiger partial charge on any atom is 0.164 e. The molecule has 1 aromatic rings. The first-order chi connectivity index (χ1) is 8.97. The number of likely N-dealkylation sites (N-methyl/N-ethyl adjacent to an activating group) is 1. The first-order valence-electron chi connectivity index (χ1n) is 6.20. The van der Waals surface area contributed by atoms with Crippen molar-refractivity contribution in [2.24, 2.45) is 0 Å². The Bertz CT molecular complexity index is 419. The Kier molecular flexibility index (Phi) is 5.30. The minimum absolute atomic E-state index is 0.109. The summed E-state index contributed by atoms with van der Waals surface area (Å²) in [4.78, 5) is 0. The lowest BCUT2D eigenvalue weighted by Crippen LogP contribution is -2.40. The molecule has 0 aromatic heterocycles. The second kappa shape index (κ2) is 6.52. The minimum atomic E-state index is -0.109. The van der Waals surface area contributed by atoms with Gasteiger partial charge in [-0.2, -0.15) is 0 Å².